The van der Waals surface area contributed by atoms with Gasteiger partial charge in [-0.05, 0) is 12.6 Å². The summed E-state index contributed by atoms with van der Waals surface area (Å²) in [7, 11) is 0. The second kappa shape index (κ2) is 3.72. The van der Waals surface area contributed by atoms with Crippen LogP contribution in [-0.4, -0.2) is 30.9 Å². The van der Waals surface area contributed by atoms with Crippen molar-refractivity contribution in [3.05, 3.63) is 17.6 Å². The van der Waals surface area contributed by atoms with Crippen LogP contribution in [0.3, 0.4) is 0 Å². The number of carboxylic acids is 1. The molecule has 7 heteroatoms. The number of carbonyl (C=O) groups is 1. The van der Waals surface area contributed by atoms with E-state index in [1.807, 2.05) is 0 Å². The van der Waals surface area contributed by atoms with Gasteiger partial charge in [0.05, 0.1) is 5.65 Å². The topological polar surface area (TPSA) is 83.3 Å². The molecule has 6 nitrogen and oxygen atoms in total. The van der Waals surface area contributed by atoms with Gasteiger partial charge in [-0.1, -0.05) is 0 Å². The van der Waals surface area contributed by atoms with Crippen LogP contribution in [0.5, 0.6) is 0 Å². The van der Waals surface area contributed by atoms with Gasteiger partial charge in [0.25, 0.3) is 0 Å². The standard InChI is InChI=1S/C6H5N4O2.Ce/c1-3-7-8-5-2-4(6(11)12)9-10(3)5;/h8H,1H3,(H,11,12);/q-1;. The molecule has 0 fully saturated rings. The molecule has 0 aliphatic heterocycles. The smallest absolute Gasteiger partial charge is 0.192 e. The molecule has 0 aliphatic rings. The third kappa shape index (κ3) is 1.74. The SMILES string of the molecule is Cc1n[nH]c2[c-]c(C(=O)O)nn12.[Ce]. The van der Waals surface area contributed by atoms with E-state index in [1.54, 1.807) is 6.92 Å². The molecular formula is C6H5CeN4O2-. The summed E-state index contributed by atoms with van der Waals surface area (Å²) in [5.41, 5.74) is 0.358. The Morgan fingerprint density at radius 3 is 2.92 bits per heavy atom. The summed E-state index contributed by atoms with van der Waals surface area (Å²) in [5.74, 6) is -0.486. The first kappa shape index (κ1) is 10.6. The van der Waals surface area contributed by atoms with Crippen molar-refractivity contribution in [2.24, 2.45) is 0 Å². The average Bonchev–Trinajstić information content (AvgIpc) is 2.53. The van der Waals surface area contributed by atoms with Gasteiger partial charge in [-0.2, -0.15) is 16.3 Å². The quantitative estimate of drug-likeness (QED) is 0.719. The maximum absolute atomic E-state index is 10.4. The molecule has 0 radical (unpaired) electrons. The molecule has 66 valence electrons. The van der Waals surface area contributed by atoms with Gasteiger partial charge in [0.1, 0.15) is 5.82 Å². The predicted molar refractivity (Wildman–Crippen MR) is 37.9 cm³/mol. The Hall–Kier alpha value is -0.473. The number of hydrogen-bond acceptors (Lipinski definition) is 3. The van der Waals surface area contributed by atoms with Crippen molar-refractivity contribution in [2.45, 2.75) is 6.92 Å². The Balaban J connectivity index is 0.000000845. The van der Waals surface area contributed by atoms with Crippen LogP contribution in [0.1, 0.15) is 16.3 Å². The van der Waals surface area contributed by atoms with Crippen molar-refractivity contribution in [3.8, 4) is 0 Å². The van der Waals surface area contributed by atoms with Crippen LogP contribution < -0.4 is 0 Å². The molecule has 0 bridgehead atoms. The molecule has 0 aliphatic carbocycles. The number of nitrogens with one attached hydrogen (secondary N) is 1. The Morgan fingerprint density at radius 1 is 1.69 bits per heavy atom. The summed E-state index contributed by atoms with van der Waals surface area (Å²) in [5, 5.41) is 18.7. The zero-order valence-corrected chi connectivity index (χ0v) is 9.84. The number of nitrogens with zero attached hydrogens (tertiary/aromatic N) is 3. The molecule has 0 amide bonds. The Labute approximate surface area is 107 Å². The molecule has 0 atom stereocenters. The Kier molecular flexibility index (Phi) is 3.04. The van der Waals surface area contributed by atoms with Crippen LogP contribution in [0.2, 0.25) is 0 Å². The molecule has 2 aromatic rings. The minimum Gasteiger partial charge on any atom is -0.561 e. The van der Waals surface area contributed by atoms with E-state index in [4.69, 9.17) is 5.11 Å². The molecule has 0 spiro atoms. The molecule has 2 rings (SSSR count). The second-order valence-corrected chi connectivity index (χ2v) is 2.31. The normalized spacial score (nSPS) is 9.92. The van der Waals surface area contributed by atoms with Crippen molar-refractivity contribution in [1.82, 2.24) is 19.8 Å². The summed E-state index contributed by atoms with van der Waals surface area (Å²) in [6.07, 6.45) is 0. The van der Waals surface area contributed by atoms with E-state index in [9.17, 15) is 4.79 Å². The van der Waals surface area contributed by atoms with Gasteiger partial charge in [0.2, 0.25) is 0 Å². The van der Waals surface area contributed by atoms with Crippen LogP contribution in [0.25, 0.3) is 5.65 Å². The van der Waals surface area contributed by atoms with E-state index in [-0.39, 0.29) is 47.4 Å². The molecule has 0 unspecified atom stereocenters. The first-order chi connectivity index (χ1) is 5.68. The number of fused-ring (bicyclic) bond motifs is 1. The van der Waals surface area contributed by atoms with Crippen molar-refractivity contribution in [3.63, 3.8) is 0 Å². The van der Waals surface area contributed by atoms with Crippen LogP contribution >= 0.6 is 0 Å². The van der Waals surface area contributed by atoms with Crippen molar-refractivity contribution in [1.29, 1.82) is 0 Å². The summed E-state index contributed by atoms with van der Waals surface area (Å²) < 4.78 is 1.39. The number of carboxylic acid groups (broad SMARTS) is 1. The zero-order valence-electron chi connectivity index (χ0n) is 6.70. The van der Waals surface area contributed by atoms with E-state index in [0.29, 0.717) is 11.5 Å². The Morgan fingerprint density at radius 2 is 2.38 bits per heavy atom. The zero-order chi connectivity index (χ0) is 8.72. The summed E-state index contributed by atoms with van der Waals surface area (Å²) in [4.78, 5) is 10.4. The fraction of sp³-hybridized carbons (Fsp3) is 0.167. The number of aromatic amines is 1. The van der Waals surface area contributed by atoms with Gasteiger partial charge in [-0.3, -0.25) is 5.10 Å². The van der Waals surface area contributed by atoms with Crippen LogP contribution in [0.4, 0.5) is 0 Å². The van der Waals surface area contributed by atoms with Crippen molar-refractivity contribution >= 4 is 11.6 Å². The molecule has 2 N–H and O–H groups in total. The minimum absolute atomic E-state index is 0. The number of rotatable bonds is 1. The average molecular weight is 305 g/mol. The summed E-state index contributed by atoms with van der Waals surface area (Å²) in [6.45, 7) is 1.72. The van der Waals surface area contributed by atoms with Gasteiger partial charge >= 0.3 is 0 Å². The van der Waals surface area contributed by atoms with Crippen molar-refractivity contribution < 1.29 is 51.6 Å². The first-order valence-corrected chi connectivity index (χ1v) is 3.25. The monoisotopic (exact) mass is 305 g/mol. The fourth-order valence-electron chi connectivity index (χ4n) is 0.927. The molecule has 0 saturated heterocycles. The van der Waals surface area contributed by atoms with Gasteiger partial charge in [-0.25, -0.2) is 4.52 Å². The third-order valence-corrected chi connectivity index (χ3v) is 1.48. The van der Waals surface area contributed by atoms with E-state index in [0.717, 1.165) is 0 Å². The third-order valence-electron chi connectivity index (χ3n) is 1.48. The molecule has 2 aromatic heterocycles. The van der Waals surface area contributed by atoms with E-state index >= 15 is 0 Å². The number of H-pyrrole nitrogens is 1. The largest absolute Gasteiger partial charge is 0.561 e. The second-order valence-electron chi connectivity index (χ2n) is 2.31. The summed E-state index contributed by atoms with van der Waals surface area (Å²) in [6, 6.07) is 2.55. The Bertz CT molecular complexity index is 446. The molecule has 0 saturated carbocycles. The van der Waals surface area contributed by atoms with E-state index < -0.39 is 5.97 Å². The first-order valence-electron chi connectivity index (χ1n) is 3.25. The number of hydrogen-bond donors (Lipinski definition) is 2. The number of aryl methyl sites for hydroxylation is 1. The number of aromatic nitrogens is 4. The van der Waals surface area contributed by atoms with Gasteiger partial charge < -0.3 is 9.90 Å². The van der Waals surface area contributed by atoms with Gasteiger partial charge in [0, 0.05) is 41.7 Å². The van der Waals surface area contributed by atoms with Crippen molar-refractivity contribution in [2.75, 3.05) is 0 Å². The van der Waals surface area contributed by atoms with Gasteiger partial charge in [-0.15, -0.1) is 0 Å². The molecular weight excluding hydrogens is 300 g/mol. The summed E-state index contributed by atoms with van der Waals surface area (Å²) >= 11 is 0. The fourth-order valence-corrected chi connectivity index (χ4v) is 0.927. The van der Waals surface area contributed by atoms with E-state index in [1.165, 1.54) is 4.52 Å². The van der Waals surface area contributed by atoms with E-state index in [2.05, 4.69) is 21.4 Å². The molecule has 0 aromatic carbocycles. The maximum Gasteiger partial charge on any atom is 0.192 e. The molecule has 13 heavy (non-hydrogen) atoms. The maximum atomic E-state index is 10.4. The van der Waals surface area contributed by atoms with Crippen LogP contribution in [0.15, 0.2) is 0 Å². The van der Waals surface area contributed by atoms with Gasteiger partial charge in [0.15, 0.2) is 5.97 Å². The number of aromatic carboxylic acids is 1. The van der Waals surface area contributed by atoms with Crippen LogP contribution in [0, 0.1) is 54.7 Å². The van der Waals surface area contributed by atoms with Crippen LogP contribution in [-0.2, 0) is 0 Å². The predicted octanol–water partition coefficient (Wildman–Crippen LogP) is -0.136. The minimum atomic E-state index is -1.09. The molecule has 2 heterocycles.